The van der Waals surface area contributed by atoms with Crippen LogP contribution in [0.5, 0.6) is 0 Å². The molecular weight excluding hydrogens is 170 g/mol. The lowest BCUT2D eigenvalue weighted by Crippen LogP contribution is -2.34. The van der Waals surface area contributed by atoms with Crippen LogP contribution < -0.4 is 10.6 Å². The van der Waals surface area contributed by atoms with Crippen LogP contribution in [0.15, 0.2) is 6.33 Å². The van der Waals surface area contributed by atoms with Crippen molar-refractivity contribution in [2.45, 2.75) is 19.9 Å². The van der Waals surface area contributed by atoms with Crippen molar-refractivity contribution in [3.05, 3.63) is 6.33 Å². The molecule has 0 saturated heterocycles. The van der Waals surface area contributed by atoms with Gasteiger partial charge in [0.05, 0.1) is 0 Å². The summed E-state index contributed by atoms with van der Waals surface area (Å²) >= 11 is 0. The summed E-state index contributed by atoms with van der Waals surface area (Å²) < 4.78 is 1.49. The lowest BCUT2D eigenvalue weighted by atomic mass is 10.4. The van der Waals surface area contributed by atoms with Gasteiger partial charge in [-0.1, -0.05) is 0 Å². The molecule has 1 aromatic heterocycles. The number of carbonyl (C=O) groups is 1. The minimum atomic E-state index is -0.272. The molecule has 0 spiro atoms. The molecule has 0 radical (unpaired) electrons. The molecular formula is C7H13N5O. The van der Waals surface area contributed by atoms with Gasteiger partial charge >= 0.3 is 6.03 Å². The molecule has 13 heavy (non-hydrogen) atoms. The largest absolute Gasteiger partial charge is 0.336 e. The zero-order valence-corrected chi connectivity index (χ0v) is 7.90. The van der Waals surface area contributed by atoms with Crippen molar-refractivity contribution in [2.75, 3.05) is 5.32 Å². The second kappa shape index (κ2) is 3.88. The van der Waals surface area contributed by atoms with Crippen molar-refractivity contribution < 1.29 is 4.79 Å². The summed E-state index contributed by atoms with van der Waals surface area (Å²) in [6.45, 7) is 3.77. The van der Waals surface area contributed by atoms with E-state index in [2.05, 4.69) is 20.7 Å². The van der Waals surface area contributed by atoms with Gasteiger partial charge < -0.3 is 5.32 Å². The van der Waals surface area contributed by atoms with E-state index in [0.29, 0.717) is 5.95 Å². The van der Waals surface area contributed by atoms with Crippen molar-refractivity contribution in [3.63, 3.8) is 0 Å². The van der Waals surface area contributed by atoms with Crippen molar-refractivity contribution in [3.8, 4) is 0 Å². The molecule has 0 aromatic carbocycles. The summed E-state index contributed by atoms with van der Waals surface area (Å²) in [4.78, 5) is 15.0. The molecule has 6 nitrogen and oxygen atoms in total. The fraction of sp³-hybridized carbons (Fsp3) is 0.571. The lowest BCUT2D eigenvalue weighted by Gasteiger charge is -2.08. The van der Waals surface area contributed by atoms with Gasteiger partial charge in [-0.15, -0.1) is 0 Å². The van der Waals surface area contributed by atoms with E-state index in [9.17, 15) is 4.79 Å². The number of urea groups is 1. The zero-order valence-electron chi connectivity index (χ0n) is 7.90. The molecule has 0 aliphatic carbocycles. The maximum absolute atomic E-state index is 11.2. The van der Waals surface area contributed by atoms with Gasteiger partial charge in [0, 0.05) is 13.1 Å². The number of aryl methyl sites for hydroxylation is 1. The summed E-state index contributed by atoms with van der Waals surface area (Å²) in [6, 6.07) is -0.167. The number of hydrogen-bond acceptors (Lipinski definition) is 3. The van der Waals surface area contributed by atoms with Crippen LogP contribution in [0.25, 0.3) is 0 Å². The normalized spacial score (nSPS) is 10.2. The fourth-order valence-corrected chi connectivity index (χ4v) is 0.809. The van der Waals surface area contributed by atoms with Crippen LogP contribution in [0.4, 0.5) is 10.7 Å². The minimum absolute atomic E-state index is 0.105. The Balaban J connectivity index is 2.50. The number of anilines is 1. The number of nitrogens with one attached hydrogen (secondary N) is 2. The Morgan fingerprint density at radius 1 is 1.62 bits per heavy atom. The van der Waals surface area contributed by atoms with E-state index < -0.39 is 0 Å². The third-order valence-corrected chi connectivity index (χ3v) is 1.36. The van der Waals surface area contributed by atoms with Crippen molar-refractivity contribution in [2.24, 2.45) is 7.05 Å². The molecule has 6 heteroatoms. The highest BCUT2D eigenvalue weighted by atomic mass is 16.2. The van der Waals surface area contributed by atoms with Crippen LogP contribution in [-0.4, -0.2) is 26.8 Å². The summed E-state index contributed by atoms with van der Waals surface area (Å²) in [5.74, 6) is 0.429. The zero-order chi connectivity index (χ0) is 9.84. The number of aromatic nitrogens is 3. The van der Waals surface area contributed by atoms with Crippen LogP contribution in [0.1, 0.15) is 13.8 Å². The number of amides is 2. The number of hydrogen-bond donors (Lipinski definition) is 2. The van der Waals surface area contributed by atoms with Crippen LogP contribution in [0.3, 0.4) is 0 Å². The van der Waals surface area contributed by atoms with Crippen LogP contribution in [0, 0.1) is 0 Å². The van der Waals surface area contributed by atoms with E-state index in [1.165, 1.54) is 11.0 Å². The minimum Gasteiger partial charge on any atom is -0.336 e. The highest BCUT2D eigenvalue weighted by Gasteiger charge is 2.06. The Labute approximate surface area is 76.3 Å². The molecule has 2 N–H and O–H groups in total. The van der Waals surface area contributed by atoms with Gasteiger partial charge in [-0.3, -0.25) is 5.32 Å². The van der Waals surface area contributed by atoms with Crippen molar-refractivity contribution >= 4 is 12.0 Å². The van der Waals surface area contributed by atoms with Crippen molar-refractivity contribution in [1.82, 2.24) is 20.1 Å². The number of rotatable bonds is 2. The first-order valence-electron chi connectivity index (χ1n) is 4.01. The predicted molar refractivity (Wildman–Crippen MR) is 48.3 cm³/mol. The first-order valence-corrected chi connectivity index (χ1v) is 4.01. The summed E-state index contributed by atoms with van der Waals surface area (Å²) in [7, 11) is 1.71. The molecule has 0 aliphatic rings. The van der Waals surface area contributed by atoms with Crippen molar-refractivity contribution in [1.29, 1.82) is 0 Å². The van der Waals surface area contributed by atoms with E-state index in [1.54, 1.807) is 7.05 Å². The monoisotopic (exact) mass is 183 g/mol. The number of nitrogens with zero attached hydrogens (tertiary/aromatic N) is 3. The van der Waals surface area contributed by atoms with E-state index in [-0.39, 0.29) is 12.1 Å². The molecule has 0 fully saturated rings. The smallest absolute Gasteiger partial charge is 0.321 e. The second-order valence-electron chi connectivity index (χ2n) is 2.96. The molecule has 0 unspecified atom stereocenters. The molecule has 1 aromatic rings. The Bertz CT molecular complexity index is 293. The molecule has 0 bridgehead atoms. The first kappa shape index (κ1) is 9.50. The Morgan fingerprint density at radius 3 is 2.77 bits per heavy atom. The maximum Gasteiger partial charge on any atom is 0.321 e. The van der Waals surface area contributed by atoms with E-state index in [0.717, 1.165) is 0 Å². The van der Waals surface area contributed by atoms with Gasteiger partial charge in [0.25, 0.3) is 0 Å². The van der Waals surface area contributed by atoms with E-state index in [4.69, 9.17) is 0 Å². The molecule has 1 heterocycles. The van der Waals surface area contributed by atoms with Crippen LogP contribution in [0.2, 0.25) is 0 Å². The van der Waals surface area contributed by atoms with E-state index in [1.807, 2.05) is 13.8 Å². The van der Waals surface area contributed by atoms with E-state index >= 15 is 0 Å². The molecule has 0 saturated carbocycles. The Kier molecular flexibility index (Phi) is 2.84. The standard InChI is InChI=1S/C7H13N5O/c1-5(2)10-7(13)11-6-8-4-9-12(6)3/h4-5H,1-3H3,(H2,8,9,10,11,13). The number of carbonyl (C=O) groups excluding carboxylic acids is 1. The lowest BCUT2D eigenvalue weighted by molar-refractivity contribution is 0.249. The third kappa shape index (κ3) is 2.73. The topological polar surface area (TPSA) is 71.8 Å². The highest BCUT2D eigenvalue weighted by molar-refractivity contribution is 5.87. The van der Waals surface area contributed by atoms with Gasteiger partial charge in [0.2, 0.25) is 5.95 Å². The summed E-state index contributed by atoms with van der Waals surface area (Å²) in [5, 5.41) is 9.05. The summed E-state index contributed by atoms with van der Waals surface area (Å²) in [5.41, 5.74) is 0. The molecule has 1 rings (SSSR count). The SMILES string of the molecule is CC(C)NC(=O)Nc1ncnn1C. The molecule has 2 amide bonds. The van der Waals surface area contributed by atoms with Gasteiger partial charge in [-0.05, 0) is 13.8 Å². The predicted octanol–water partition coefficient (Wildman–Crippen LogP) is 0.345. The molecule has 0 atom stereocenters. The van der Waals surface area contributed by atoms with Crippen LogP contribution >= 0.6 is 0 Å². The Morgan fingerprint density at radius 2 is 2.31 bits per heavy atom. The van der Waals surface area contributed by atoms with Gasteiger partial charge in [-0.2, -0.15) is 10.1 Å². The summed E-state index contributed by atoms with van der Waals surface area (Å²) in [6.07, 6.45) is 1.38. The fourth-order valence-electron chi connectivity index (χ4n) is 0.809. The quantitative estimate of drug-likeness (QED) is 0.694. The van der Waals surface area contributed by atoms with Crippen LogP contribution in [-0.2, 0) is 7.05 Å². The maximum atomic E-state index is 11.2. The second-order valence-corrected chi connectivity index (χ2v) is 2.96. The third-order valence-electron chi connectivity index (χ3n) is 1.36. The first-order chi connectivity index (χ1) is 6.09. The van der Waals surface area contributed by atoms with Gasteiger partial charge in [0.1, 0.15) is 6.33 Å². The molecule has 72 valence electrons. The highest BCUT2D eigenvalue weighted by Crippen LogP contribution is 1.96. The van der Waals surface area contributed by atoms with Gasteiger partial charge in [0.15, 0.2) is 0 Å². The average molecular weight is 183 g/mol. The van der Waals surface area contributed by atoms with Gasteiger partial charge in [-0.25, -0.2) is 9.48 Å². The Hall–Kier alpha value is -1.59. The molecule has 0 aliphatic heterocycles. The average Bonchev–Trinajstić information content (AvgIpc) is 2.34.